The Balaban J connectivity index is 1.83. The second-order valence-electron chi connectivity index (χ2n) is 7.55. The van der Waals surface area contributed by atoms with Gasteiger partial charge in [-0.25, -0.2) is 4.98 Å². The lowest BCUT2D eigenvalue weighted by Gasteiger charge is -2.22. The topological polar surface area (TPSA) is 140 Å². The molecule has 0 saturated heterocycles. The van der Waals surface area contributed by atoms with Gasteiger partial charge < -0.3 is 29.8 Å². The van der Waals surface area contributed by atoms with Crippen LogP contribution in [-0.4, -0.2) is 44.7 Å². The molecule has 0 spiro atoms. The first-order chi connectivity index (χ1) is 14.7. The fourth-order valence-electron chi connectivity index (χ4n) is 3.12. The van der Waals surface area contributed by atoms with Gasteiger partial charge in [0.1, 0.15) is 12.2 Å². The Morgan fingerprint density at radius 2 is 1.65 bits per heavy atom. The predicted molar refractivity (Wildman–Crippen MR) is 120 cm³/mol. The first kappa shape index (κ1) is 23.1. The Hall–Kier alpha value is -2.52. The molecule has 4 N–H and O–H groups in total. The van der Waals surface area contributed by atoms with E-state index in [2.05, 4.69) is 15.0 Å². The number of aromatic nitrogens is 4. The summed E-state index contributed by atoms with van der Waals surface area (Å²) in [6.07, 6.45) is -0.660. The summed E-state index contributed by atoms with van der Waals surface area (Å²) < 4.78 is 31.5. The summed E-state index contributed by atoms with van der Waals surface area (Å²) in [5, 5.41) is 0. The number of hydrogen-bond donors (Lipinski definition) is 2. The molecule has 3 rings (SSSR count). The molecule has 3 aromatic rings. The summed E-state index contributed by atoms with van der Waals surface area (Å²) in [6, 6.07) is 9.63. The van der Waals surface area contributed by atoms with Crippen LogP contribution < -0.4 is 11.5 Å². The first-order valence-electron chi connectivity index (χ1n) is 10.1. The van der Waals surface area contributed by atoms with Crippen molar-refractivity contribution < 1.29 is 18.3 Å². The van der Waals surface area contributed by atoms with E-state index in [1.807, 2.05) is 34.9 Å². The first-order valence-corrected chi connectivity index (χ1v) is 11.8. The zero-order valence-corrected chi connectivity index (χ0v) is 19.1. The van der Waals surface area contributed by atoms with Crippen LogP contribution in [0.25, 0.3) is 22.6 Å². The fourth-order valence-corrected chi connectivity index (χ4v) is 4.93. The van der Waals surface area contributed by atoms with Crippen molar-refractivity contribution in [2.24, 2.45) is 0 Å². The Labute approximate surface area is 181 Å². The number of benzene rings is 1. The van der Waals surface area contributed by atoms with Gasteiger partial charge in [-0.05, 0) is 27.7 Å². The SMILES string of the molecule is CC(C)OP(=O)(COCCn1c(-c2ccccc2)nc2c(N)nc(N)nc21)OC(C)C. The minimum absolute atomic E-state index is 0.0619. The maximum atomic E-state index is 12.9. The molecule has 31 heavy (non-hydrogen) atoms. The predicted octanol–water partition coefficient (Wildman–Crippen LogP) is 3.67. The van der Waals surface area contributed by atoms with E-state index in [1.54, 1.807) is 27.7 Å². The maximum Gasteiger partial charge on any atom is 0.356 e. The van der Waals surface area contributed by atoms with Crippen LogP contribution in [0.2, 0.25) is 0 Å². The molecule has 168 valence electrons. The lowest BCUT2D eigenvalue weighted by atomic mass is 10.2. The molecule has 2 heterocycles. The van der Waals surface area contributed by atoms with Gasteiger partial charge in [0.05, 0.1) is 18.8 Å². The largest absolute Gasteiger partial charge is 0.382 e. The van der Waals surface area contributed by atoms with Crippen molar-refractivity contribution in [3.05, 3.63) is 30.3 Å². The van der Waals surface area contributed by atoms with E-state index in [0.29, 0.717) is 23.5 Å². The van der Waals surface area contributed by atoms with Crippen LogP contribution in [0, 0.1) is 0 Å². The smallest absolute Gasteiger partial charge is 0.356 e. The summed E-state index contributed by atoms with van der Waals surface area (Å²) in [6.45, 7) is 7.80. The van der Waals surface area contributed by atoms with Gasteiger partial charge >= 0.3 is 7.60 Å². The van der Waals surface area contributed by atoms with Gasteiger partial charge in [-0.1, -0.05) is 30.3 Å². The van der Waals surface area contributed by atoms with E-state index < -0.39 is 7.60 Å². The number of fused-ring (bicyclic) bond motifs is 1. The third-order valence-corrected chi connectivity index (χ3v) is 6.11. The average molecular weight is 448 g/mol. The lowest BCUT2D eigenvalue weighted by Crippen LogP contribution is -2.14. The number of imidazole rings is 1. The van der Waals surface area contributed by atoms with Crippen molar-refractivity contribution >= 4 is 30.5 Å². The van der Waals surface area contributed by atoms with Crippen LogP contribution in [0.3, 0.4) is 0 Å². The Kier molecular flexibility index (Phi) is 7.27. The Bertz CT molecular complexity index is 1060. The van der Waals surface area contributed by atoms with Crippen molar-refractivity contribution in [1.82, 2.24) is 19.5 Å². The normalized spacial score (nSPS) is 12.3. The molecular weight excluding hydrogens is 419 g/mol. The average Bonchev–Trinajstić information content (AvgIpc) is 3.03. The van der Waals surface area contributed by atoms with E-state index in [1.165, 1.54) is 0 Å². The van der Waals surface area contributed by atoms with Gasteiger partial charge in [0.2, 0.25) is 5.95 Å². The molecule has 0 amide bonds. The number of rotatable bonds is 10. The Morgan fingerprint density at radius 1 is 1.00 bits per heavy atom. The van der Waals surface area contributed by atoms with Gasteiger partial charge in [0, 0.05) is 12.1 Å². The van der Waals surface area contributed by atoms with Crippen molar-refractivity contribution in [2.75, 3.05) is 24.4 Å². The van der Waals surface area contributed by atoms with Gasteiger partial charge in [0.25, 0.3) is 0 Å². The molecule has 10 nitrogen and oxygen atoms in total. The number of nitrogens with two attached hydrogens (primary N) is 2. The quantitative estimate of drug-likeness (QED) is 0.351. The van der Waals surface area contributed by atoms with Gasteiger partial charge in [-0.2, -0.15) is 9.97 Å². The molecule has 0 unspecified atom stereocenters. The highest BCUT2D eigenvalue weighted by molar-refractivity contribution is 7.53. The molecule has 0 saturated carbocycles. The highest BCUT2D eigenvalue weighted by atomic mass is 31.2. The van der Waals surface area contributed by atoms with E-state index >= 15 is 0 Å². The highest BCUT2D eigenvalue weighted by Crippen LogP contribution is 2.50. The molecule has 0 radical (unpaired) electrons. The van der Waals surface area contributed by atoms with Crippen molar-refractivity contribution in [1.29, 1.82) is 0 Å². The summed E-state index contributed by atoms with van der Waals surface area (Å²) in [4.78, 5) is 12.9. The molecular formula is C20H29N6O4P. The second-order valence-corrected chi connectivity index (χ2v) is 9.45. The number of nitrogen functional groups attached to an aromatic ring is 2. The molecule has 0 aliphatic carbocycles. The maximum absolute atomic E-state index is 12.9. The van der Waals surface area contributed by atoms with E-state index in [0.717, 1.165) is 5.56 Å². The highest BCUT2D eigenvalue weighted by Gasteiger charge is 2.28. The van der Waals surface area contributed by atoms with E-state index in [4.69, 9.17) is 25.3 Å². The zero-order valence-electron chi connectivity index (χ0n) is 18.2. The minimum Gasteiger partial charge on any atom is -0.382 e. The van der Waals surface area contributed by atoms with Gasteiger partial charge in [0.15, 0.2) is 17.0 Å². The number of hydrogen-bond acceptors (Lipinski definition) is 9. The third-order valence-electron chi connectivity index (χ3n) is 4.12. The fraction of sp³-hybridized carbons (Fsp3) is 0.450. The minimum atomic E-state index is -3.38. The molecule has 0 aliphatic heterocycles. The Morgan fingerprint density at radius 3 is 2.26 bits per heavy atom. The van der Waals surface area contributed by atoms with Gasteiger partial charge in [-0.15, -0.1) is 0 Å². The van der Waals surface area contributed by atoms with Crippen LogP contribution in [0.5, 0.6) is 0 Å². The monoisotopic (exact) mass is 448 g/mol. The number of anilines is 2. The summed E-state index contributed by atoms with van der Waals surface area (Å²) in [7, 11) is -3.38. The summed E-state index contributed by atoms with van der Waals surface area (Å²) >= 11 is 0. The van der Waals surface area contributed by atoms with Crippen LogP contribution in [-0.2, 0) is 24.9 Å². The molecule has 0 atom stereocenters. The van der Waals surface area contributed by atoms with Crippen LogP contribution in [0.15, 0.2) is 30.3 Å². The van der Waals surface area contributed by atoms with E-state index in [9.17, 15) is 4.57 Å². The third kappa shape index (κ3) is 5.80. The van der Waals surface area contributed by atoms with Crippen molar-refractivity contribution in [3.8, 4) is 11.4 Å². The second kappa shape index (κ2) is 9.74. The molecule has 2 aromatic heterocycles. The molecule has 11 heteroatoms. The van der Waals surface area contributed by atoms with Crippen molar-refractivity contribution in [2.45, 2.75) is 46.4 Å². The van der Waals surface area contributed by atoms with Crippen LogP contribution >= 0.6 is 7.60 Å². The number of nitrogens with zero attached hydrogens (tertiary/aromatic N) is 4. The van der Waals surface area contributed by atoms with Gasteiger partial charge in [-0.3, -0.25) is 4.57 Å². The molecule has 0 aliphatic rings. The molecule has 0 bridgehead atoms. The molecule has 0 fully saturated rings. The standard InChI is InChI=1S/C20H29N6O4P/c1-13(2)29-31(27,30-14(3)4)12-28-11-10-26-18(15-8-6-5-7-9-15)23-16-17(21)24-20(22)25-19(16)26/h5-9,13-14H,10-12H2,1-4H3,(H4,21,22,24,25). The number of ether oxygens (including phenoxy) is 1. The van der Waals surface area contributed by atoms with Crippen LogP contribution in [0.4, 0.5) is 11.8 Å². The van der Waals surface area contributed by atoms with Crippen molar-refractivity contribution in [3.63, 3.8) is 0 Å². The zero-order chi connectivity index (χ0) is 22.6. The molecule has 1 aromatic carbocycles. The lowest BCUT2D eigenvalue weighted by molar-refractivity contribution is 0.0962. The summed E-state index contributed by atoms with van der Waals surface area (Å²) in [5.41, 5.74) is 13.7. The summed E-state index contributed by atoms with van der Waals surface area (Å²) in [5.74, 6) is 0.928. The van der Waals surface area contributed by atoms with E-state index in [-0.39, 0.29) is 36.9 Å². The van der Waals surface area contributed by atoms with Crippen LogP contribution in [0.1, 0.15) is 27.7 Å².